The first-order valence-electron chi connectivity index (χ1n) is 5.00. The SMILES string of the molecule is O=C(c1cccs1)N(c1ccccc1)C(F)(F)F. The van der Waals surface area contributed by atoms with E-state index in [4.69, 9.17) is 0 Å². The number of rotatable bonds is 2. The lowest BCUT2D eigenvalue weighted by molar-refractivity contribution is -0.122. The van der Waals surface area contributed by atoms with Crippen molar-refractivity contribution in [3.05, 3.63) is 52.7 Å². The van der Waals surface area contributed by atoms with Gasteiger partial charge in [0.25, 0.3) is 5.91 Å². The molecule has 1 aromatic heterocycles. The van der Waals surface area contributed by atoms with Gasteiger partial charge < -0.3 is 0 Å². The summed E-state index contributed by atoms with van der Waals surface area (Å²) in [5.74, 6) is -1.07. The highest BCUT2D eigenvalue weighted by atomic mass is 32.1. The number of thiophene rings is 1. The number of anilines is 1. The standard InChI is InChI=1S/C12H8F3NOS/c13-12(14,15)16(9-5-2-1-3-6-9)11(17)10-7-4-8-18-10/h1-8H. The Morgan fingerprint density at radius 3 is 2.22 bits per heavy atom. The Kier molecular flexibility index (Phi) is 3.38. The number of alkyl halides is 3. The number of carbonyl (C=O) groups excluding carboxylic acids is 1. The van der Waals surface area contributed by atoms with Crippen LogP contribution >= 0.6 is 11.3 Å². The number of carbonyl (C=O) groups is 1. The van der Waals surface area contributed by atoms with E-state index in [1.165, 1.54) is 36.4 Å². The molecular formula is C12H8F3NOS. The lowest BCUT2D eigenvalue weighted by atomic mass is 10.3. The zero-order valence-electron chi connectivity index (χ0n) is 9.02. The third-order valence-electron chi connectivity index (χ3n) is 2.20. The van der Waals surface area contributed by atoms with Gasteiger partial charge in [-0.3, -0.25) is 4.79 Å². The normalized spacial score (nSPS) is 11.3. The highest BCUT2D eigenvalue weighted by molar-refractivity contribution is 7.12. The summed E-state index contributed by atoms with van der Waals surface area (Å²) in [6.45, 7) is 0. The average Bonchev–Trinajstić information content (AvgIpc) is 2.82. The Labute approximate surface area is 105 Å². The van der Waals surface area contributed by atoms with Crippen molar-refractivity contribution in [1.29, 1.82) is 0 Å². The number of hydrogen-bond acceptors (Lipinski definition) is 2. The third-order valence-corrected chi connectivity index (χ3v) is 3.06. The van der Waals surface area contributed by atoms with E-state index in [9.17, 15) is 18.0 Å². The maximum atomic E-state index is 13.0. The molecule has 0 N–H and O–H groups in total. The van der Waals surface area contributed by atoms with Crippen molar-refractivity contribution in [2.24, 2.45) is 0 Å². The highest BCUT2D eigenvalue weighted by Gasteiger charge is 2.42. The molecule has 0 saturated carbocycles. The summed E-state index contributed by atoms with van der Waals surface area (Å²) in [4.78, 5) is 11.8. The molecule has 2 aromatic rings. The first-order valence-corrected chi connectivity index (χ1v) is 5.88. The van der Waals surface area contributed by atoms with Crippen LogP contribution in [-0.2, 0) is 0 Å². The van der Waals surface area contributed by atoms with Crippen LogP contribution in [0, 0.1) is 0 Å². The van der Waals surface area contributed by atoms with Gasteiger partial charge in [-0.2, -0.15) is 0 Å². The molecule has 1 aromatic carbocycles. The zero-order valence-corrected chi connectivity index (χ0v) is 9.83. The quantitative estimate of drug-likeness (QED) is 0.758. The highest BCUT2D eigenvalue weighted by Crippen LogP contribution is 2.30. The summed E-state index contributed by atoms with van der Waals surface area (Å²) >= 11 is 0.979. The van der Waals surface area contributed by atoms with Crippen LogP contribution < -0.4 is 4.90 Å². The molecule has 0 fully saturated rings. The number of para-hydroxylation sites is 1. The van der Waals surface area contributed by atoms with E-state index in [0.29, 0.717) is 0 Å². The van der Waals surface area contributed by atoms with Gasteiger partial charge in [-0.05, 0) is 23.6 Å². The van der Waals surface area contributed by atoms with Gasteiger partial charge in [0.15, 0.2) is 0 Å². The lowest BCUT2D eigenvalue weighted by Crippen LogP contribution is -2.42. The second-order valence-electron chi connectivity index (χ2n) is 3.42. The van der Waals surface area contributed by atoms with E-state index >= 15 is 0 Å². The minimum Gasteiger partial charge on any atom is -0.267 e. The fraction of sp³-hybridized carbons (Fsp3) is 0.0833. The van der Waals surface area contributed by atoms with Crippen molar-refractivity contribution < 1.29 is 18.0 Å². The maximum absolute atomic E-state index is 13.0. The van der Waals surface area contributed by atoms with E-state index in [-0.39, 0.29) is 15.5 Å². The largest absolute Gasteiger partial charge is 0.491 e. The second kappa shape index (κ2) is 4.81. The van der Waals surface area contributed by atoms with Gasteiger partial charge in [0.2, 0.25) is 0 Å². The van der Waals surface area contributed by atoms with Crippen molar-refractivity contribution in [2.75, 3.05) is 4.90 Å². The molecule has 2 rings (SSSR count). The van der Waals surface area contributed by atoms with Gasteiger partial charge in [-0.15, -0.1) is 24.5 Å². The molecule has 0 atom stereocenters. The zero-order chi connectivity index (χ0) is 13.2. The summed E-state index contributed by atoms with van der Waals surface area (Å²) in [6.07, 6.45) is -4.75. The average molecular weight is 271 g/mol. The molecule has 0 aliphatic heterocycles. The maximum Gasteiger partial charge on any atom is 0.491 e. The number of hydrogen-bond donors (Lipinski definition) is 0. The molecule has 0 radical (unpaired) electrons. The number of nitrogens with zero attached hydrogens (tertiary/aromatic N) is 1. The van der Waals surface area contributed by atoms with E-state index in [1.54, 1.807) is 11.4 Å². The molecular weight excluding hydrogens is 263 g/mol. The van der Waals surface area contributed by atoms with Gasteiger partial charge in [0, 0.05) is 0 Å². The number of amides is 1. The first kappa shape index (κ1) is 12.6. The summed E-state index contributed by atoms with van der Waals surface area (Å²) in [5.41, 5.74) is -0.191. The molecule has 0 aliphatic carbocycles. The van der Waals surface area contributed by atoms with Gasteiger partial charge in [0.05, 0.1) is 10.6 Å². The molecule has 6 heteroatoms. The van der Waals surface area contributed by atoms with Crippen molar-refractivity contribution in [3.8, 4) is 0 Å². The molecule has 0 unspecified atom stereocenters. The molecule has 0 saturated heterocycles. The molecule has 18 heavy (non-hydrogen) atoms. The molecule has 94 valence electrons. The molecule has 0 aliphatic rings. The first-order chi connectivity index (χ1) is 8.50. The predicted molar refractivity (Wildman–Crippen MR) is 63.6 cm³/mol. The van der Waals surface area contributed by atoms with Crippen LogP contribution in [0.2, 0.25) is 0 Å². The summed E-state index contributed by atoms with van der Waals surface area (Å²) in [7, 11) is 0. The van der Waals surface area contributed by atoms with E-state index in [1.807, 2.05) is 0 Å². The van der Waals surface area contributed by atoms with Crippen LogP contribution in [0.4, 0.5) is 18.9 Å². The van der Waals surface area contributed by atoms with Gasteiger partial charge in [-0.25, -0.2) is 4.90 Å². The fourth-order valence-electron chi connectivity index (χ4n) is 1.47. The summed E-state index contributed by atoms with van der Waals surface area (Å²) in [6, 6.07) is 9.91. The minimum absolute atomic E-state index is 0.0520. The predicted octanol–water partition coefficient (Wildman–Crippen LogP) is 3.91. The lowest BCUT2D eigenvalue weighted by Gasteiger charge is -2.24. The molecule has 0 bridgehead atoms. The smallest absolute Gasteiger partial charge is 0.267 e. The summed E-state index contributed by atoms with van der Waals surface area (Å²) in [5, 5.41) is 1.56. The Hall–Kier alpha value is -1.82. The van der Waals surface area contributed by atoms with E-state index < -0.39 is 12.2 Å². The van der Waals surface area contributed by atoms with Crippen molar-refractivity contribution in [2.45, 2.75) is 6.30 Å². The van der Waals surface area contributed by atoms with E-state index in [0.717, 1.165) is 11.3 Å². The Morgan fingerprint density at radius 1 is 1.06 bits per heavy atom. The Bertz CT molecular complexity index is 522. The second-order valence-corrected chi connectivity index (χ2v) is 4.37. The van der Waals surface area contributed by atoms with E-state index in [2.05, 4.69) is 0 Å². The monoisotopic (exact) mass is 271 g/mol. The van der Waals surface area contributed by atoms with Crippen LogP contribution in [-0.4, -0.2) is 12.2 Å². The topological polar surface area (TPSA) is 20.3 Å². The van der Waals surface area contributed by atoms with Crippen molar-refractivity contribution in [1.82, 2.24) is 0 Å². The minimum atomic E-state index is -4.75. The Balaban J connectivity index is 2.42. The van der Waals surface area contributed by atoms with Gasteiger partial charge >= 0.3 is 6.30 Å². The van der Waals surface area contributed by atoms with Crippen LogP contribution in [0.3, 0.4) is 0 Å². The van der Waals surface area contributed by atoms with Crippen LogP contribution in [0.15, 0.2) is 47.8 Å². The molecule has 0 spiro atoms. The fourth-order valence-corrected chi connectivity index (χ4v) is 2.12. The molecule has 2 nitrogen and oxygen atoms in total. The molecule has 1 amide bonds. The Morgan fingerprint density at radius 2 is 1.72 bits per heavy atom. The summed E-state index contributed by atoms with van der Waals surface area (Å²) < 4.78 is 38.9. The number of benzene rings is 1. The van der Waals surface area contributed by atoms with Gasteiger partial charge in [0.1, 0.15) is 0 Å². The van der Waals surface area contributed by atoms with Crippen LogP contribution in [0.1, 0.15) is 9.67 Å². The third kappa shape index (κ3) is 2.53. The molecule has 1 heterocycles. The van der Waals surface area contributed by atoms with Gasteiger partial charge in [-0.1, -0.05) is 24.3 Å². The van der Waals surface area contributed by atoms with Crippen molar-refractivity contribution in [3.63, 3.8) is 0 Å². The van der Waals surface area contributed by atoms with Crippen LogP contribution in [0.25, 0.3) is 0 Å². The van der Waals surface area contributed by atoms with Crippen LogP contribution in [0.5, 0.6) is 0 Å². The number of halogens is 3. The van der Waals surface area contributed by atoms with Crippen molar-refractivity contribution >= 4 is 22.9 Å².